The Balaban J connectivity index is 1.84. The maximum atomic E-state index is 4.63. The van der Waals surface area contributed by atoms with Gasteiger partial charge in [-0.05, 0) is 55.4 Å². The Morgan fingerprint density at radius 2 is 2.41 bits per heavy atom. The number of thioether (sulfide) groups is 1. The van der Waals surface area contributed by atoms with E-state index in [2.05, 4.69) is 41.2 Å². The lowest BCUT2D eigenvalue weighted by molar-refractivity contribution is 0.342. The van der Waals surface area contributed by atoms with Crippen molar-refractivity contribution in [2.75, 3.05) is 18.6 Å². The standard InChI is InChI=1S/C14H20N2S/c1-15-13(11-6-8-17-9-11)12-5-4-10-3-2-7-16-14(10)12/h2-3,7,11-13,15H,4-6,8-9H2,1H3. The molecule has 1 fully saturated rings. The van der Waals surface area contributed by atoms with Crippen molar-refractivity contribution >= 4 is 11.8 Å². The fourth-order valence-electron chi connectivity index (χ4n) is 3.39. The van der Waals surface area contributed by atoms with E-state index in [0.29, 0.717) is 12.0 Å². The zero-order valence-corrected chi connectivity index (χ0v) is 11.2. The number of aromatic nitrogens is 1. The average molecular weight is 248 g/mol. The number of pyridine rings is 1. The Kier molecular flexibility index (Phi) is 3.39. The van der Waals surface area contributed by atoms with Gasteiger partial charge >= 0.3 is 0 Å². The fraction of sp³-hybridized carbons (Fsp3) is 0.643. The molecule has 0 bridgehead atoms. The molecule has 0 saturated carbocycles. The predicted octanol–water partition coefficient (Wildman–Crippen LogP) is 2.45. The minimum absolute atomic E-state index is 0.626. The molecule has 92 valence electrons. The van der Waals surface area contributed by atoms with Crippen molar-refractivity contribution < 1.29 is 0 Å². The zero-order chi connectivity index (χ0) is 11.7. The Hall–Kier alpha value is -0.540. The predicted molar refractivity (Wildman–Crippen MR) is 73.6 cm³/mol. The van der Waals surface area contributed by atoms with E-state index in [4.69, 9.17) is 0 Å². The second kappa shape index (κ2) is 4.99. The average Bonchev–Trinajstić information content (AvgIpc) is 3.01. The van der Waals surface area contributed by atoms with Crippen molar-refractivity contribution in [2.45, 2.75) is 31.2 Å². The van der Waals surface area contributed by atoms with E-state index in [-0.39, 0.29) is 0 Å². The highest BCUT2D eigenvalue weighted by molar-refractivity contribution is 7.99. The minimum atomic E-state index is 0.626. The summed E-state index contributed by atoms with van der Waals surface area (Å²) in [6.07, 6.45) is 5.81. The van der Waals surface area contributed by atoms with E-state index >= 15 is 0 Å². The summed E-state index contributed by atoms with van der Waals surface area (Å²) in [5, 5.41) is 3.57. The van der Waals surface area contributed by atoms with Crippen molar-refractivity contribution in [3.05, 3.63) is 29.6 Å². The van der Waals surface area contributed by atoms with Gasteiger partial charge in [-0.3, -0.25) is 4.98 Å². The number of likely N-dealkylation sites (N-methyl/N-ethyl adjacent to an activating group) is 1. The molecule has 3 unspecified atom stereocenters. The molecule has 17 heavy (non-hydrogen) atoms. The molecule has 1 saturated heterocycles. The maximum Gasteiger partial charge on any atom is 0.0482 e. The Morgan fingerprint density at radius 1 is 1.47 bits per heavy atom. The molecular weight excluding hydrogens is 228 g/mol. The Labute approximate surface area is 108 Å². The first-order chi connectivity index (χ1) is 8.40. The van der Waals surface area contributed by atoms with Gasteiger partial charge in [-0.2, -0.15) is 11.8 Å². The van der Waals surface area contributed by atoms with Crippen LogP contribution in [-0.2, 0) is 6.42 Å². The van der Waals surface area contributed by atoms with Crippen LogP contribution in [-0.4, -0.2) is 29.6 Å². The Morgan fingerprint density at radius 3 is 3.18 bits per heavy atom. The molecule has 0 radical (unpaired) electrons. The van der Waals surface area contributed by atoms with Gasteiger partial charge in [0.25, 0.3) is 0 Å². The molecule has 0 aromatic carbocycles. The maximum absolute atomic E-state index is 4.63. The van der Waals surface area contributed by atoms with E-state index in [9.17, 15) is 0 Å². The van der Waals surface area contributed by atoms with Gasteiger partial charge in [-0.25, -0.2) is 0 Å². The van der Waals surface area contributed by atoms with Crippen molar-refractivity contribution in [2.24, 2.45) is 5.92 Å². The molecule has 3 atom stereocenters. The van der Waals surface area contributed by atoms with Gasteiger partial charge in [-0.15, -0.1) is 0 Å². The van der Waals surface area contributed by atoms with Crippen LogP contribution in [0.15, 0.2) is 18.3 Å². The summed E-state index contributed by atoms with van der Waals surface area (Å²) in [5.74, 6) is 4.14. The molecule has 1 N–H and O–H groups in total. The second-order valence-electron chi connectivity index (χ2n) is 5.13. The molecule has 1 aromatic heterocycles. The molecule has 2 aliphatic rings. The van der Waals surface area contributed by atoms with Crippen LogP contribution in [0, 0.1) is 5.92 Å². The van der Waals surface area contributed by atoms with Crippen LogP contribution in [0.1, 0.15) is 30.0 Å². The molecule has 2 nitrogen and oxygen atoms in total. The van der Waals surface area contributed by atoms with E-state index in [1.165, 1.54) is 42.0 Å². The van der Waals surface area contributed by atoms with Crippen molar-refractivity contribution in [3.63, 3.8) is 0 Å². The van der Waals surface area contributed by atoms with E-state index in [0.717, 1.165) is 5.92 Å². The summed E-state index contributed by atoms with van der Waals surface area (Å²) in [6.45, 7) is 0. The lowest BCUT2D eigenvalue weighted by Crippen LogP contribution is -2.38. The highest BCUT2D eigenvalue weighted by Gasteiger charge is 2.35. The number of hydrogen-bond donors (Lipinski definition) is 1. The molecule has 3 rings (SSSR count). The van der Waals surface area contributed by atoms with Crippen LogP contribution in [0.25, 0.3) is 0 Å². The van der Waals surface area contributed by atoms with Crippen molar-refractivity contribution in [1.82, 2.24) is 10.3 Å². The van der Waals surface area contributed by atoms with E-state index in [1.807, 2.05) is 6.20 Å². The third-order valence-electron chi connectivity index (χ3n) is 4.24. The number of aryl methyl sites for hydroxylation is 1. The third-order valence-corrected chi connectivity index (χ3v) is 5.43. The first-order valence-electron chi connectivity index (χ1n) is 6.59. The highest BCUT2D eigenvalue weighted by atomic mass is 32.2. The molecule has 1 aliphatic heterocycles. The van der Waals surface area contributed by atoms with Crippen molar-refractivity contribution in [1.29, 1.82) is 0 Å². The number of fused-ring (bicyclic) bond motifs is 1. The largest absolute Gasteiger partial charge is 0.316 e. The van der Waals surface area contributed by atoms with E-state index < -0.39 is 0 Å². The normalized spacial score (nSPS) is 29.2. The summed E-state index contributed by atoms with van der Waals surface area (Å²) < 4.78 is 0. The molecule has 3 heteroatoms. The smallest absolute Gasteiger partial charge is 0.0482 e. The van der Waals surface area contributed by atoms with Gasteiger partial charge in [0.1, 0.15) is 0 Å². The zero-order valence-electron chi connectivity index (χ0n) is 10.4. The van der Waals surface area contributed by atoms with Crippen LogP contribution in [0.2, 0.25) is 0 Å². The SMILES string of the molecule is CNC(C1CCSC1)C1CCc2cccnc21. The first-order valence-corrected chi connectivity index (χ1v) is 7.74. The van der Waals surface area contributed by atoms with Gasteiger partial charge in [0.15, 0.2) is 0 Å². The summed E-state index contributed by atoms with van der Waals surface area (Å²) >= 11 is 2.11. The quantitative estimate of drug-likeness (QED) is 0.889. The lowest BCUT2D eigenvalue weighted by atomic mass is 9.86. The van der Waals surface area contributed by atoms with Gasteiger partial charge < -0.3 is 5.32 Å². The molecule has 2 heterocycles. The summed E-state index contributed by atoms with van der Waals surface area (Å²) in [6, 6.07) is 4.94. The topological polar surface area (TPSA) is 24.9 Å². The van der Waals surface area contributed by atoms with Gasteiger partial charge in [0.05, 0.1) is 0 Å². The number of nitrogens with one attached hydrogen (secondary N) is 1. The third kappa shape index (κ3) is 2.11. The number of rotatable bonds is 3. The summed E-state index contributed by atoms with van der Waals surface area (Å²) in [5.41, 5.74) is 2.84. The van der Waals surface area contributed by atoms with Crippen LogP contribution >= 0.6 is 11.8 Å². The van der Waals surface area contributed by atoms with Crippen LogP contribution in [0.5, 0.6) is 0 Å². The minimum Gasteiger partial charge on any atom is -0.316 e. The molecule has 1 aromatic rings. The molecule has 0 amide bonds. The molecular formula is C14H20N2S. The van der Waals surface area contributed by atoms with Crippen LogP contribution < -0.4 is 5.32 Å². The van der Waals surface area contributed by atoms with Gasteiger partial charge in [-0.1, -0.05) is 6.07 Å². The Bertz CT molecular complexity index is 388. The summed E-state index contributed by atoms with van der Waals surface area (Å²) in [4.78, 5) is 4.63. The molecule has 0 spiro atoms. The van der Waals surface area contributed by atoms with Crippen LogP contribution in [0.4, 0.5) is 0 Å². The highest BCUT2D eigenvalue weighted by Crippen LogP contribution is 2.39. The molecule has 1 aliphatic carbocycles. The lowest BCUT2D eigenvalue weighted by Gasteiger charge is -2.28. The van der Waals surface area contributed by atoms with Crippen LogP contribution in [0.3, 0.4) is 0 Å². The van der Waals surface area contributed by atoms with E-state index in [1.54, 1.807) is 0 Å². The van der Waals surface area contributed by atoms with Gasteiger partial charge in [0, 0.05) is 23.9 Å². The number of nitrogens with zero attached hydrogens (tertiary/aromatic N) is 1. The van der Waals surface area contributed by atoms with Crippen molar-refractivity contribution in [3.8, 4) is 0 Å². The monoisotopic (exact) mass is 248 g/mol. The summed E-state index contributed by atoms with van der Waals surface area (Å²) in [7, 11) is 2.12. The fourth-order valence-corrected chi connectivity index (χ4v) is 4.71. The first kappa shape index (κ1) is 11.5. The second-order valence-corrected chi connectivity index (χ2v) is 6.28. The number of hydrogen-bond acceptors (Lipinski definition) is 3. The van der Waals surface area contributed by atoms with Gasteiger partial charge in [0.2, 0.25) is 0 Å².